The molecule has 1 saturated heterocycles. The first kappa shape index (κ1) is 22.0. The Kier molecular flexibility index (Phi) is 6.50. The van der Waals surface area contributed by atoms with Gasteiger partial charge >= 0.3 is 6.03 Å². The van der Waals surface area contributed by atoms with Gasteiger partial charge in [0.1, 0.15) is 0 Å². The largest absolute Gasteiger partial charge is 0.340 e. The number of allylic oxidation sites excluding steroid dienone is 1. The molecule has 1 fully saturated rings. The highest BCUT2D eigenvalue weighted by atomic mass is 32.2. The molecule has 32 heavy (non-hydrogen) atoms. The number of fused-ring (bicyclic) bond motifs is 1. The van der Waals surface area contributed by atoms with Gasteiger partial charge in [0, 0.05) is 37.8 Å². The number of anilines is 2. The second-order valence-corrected chi connectivity index (χ2v) is 9.02. The summed E-state index contributed by atoms with van der Waals surface area (Å²) in [4.78, 5) is 34.1. The molecule has 3 amide bonds. The van der Waals surface area contributed by atoms with Crippen molar-refractivity contribution in [3.63, 3.8) is 0 Å². The van der Waals surface area contributed by atoms with Crippen molar-refractivity contribution in [2.45, 2.75) is 19.4 Å². The van der Waals surface area contributed by atoms with Crippen molar-refractivity contribution >= 4 is 40.2 Å². The second kappa shape index (κ2) is 9.48. The number of benzene rings is 2. The van der Waals surface area contributed by atoms with Crippen LogP contribution in [0.2, 0.25) is 0 Å². The van der Waals surface area contributed by atoms with E-state index in [2.05, 4.69) is 15.5 Å². The van der Waals surface area contributed by atoms with Crippen molar-refractivity contribution in [2.24, 2.45) is 4.99 Å². The number of rotatable bonds is 4. The predicted octanol–water partition coefficient (Wildman–Crippen LogP) is 4.54. The molecule has 0 aliphatic carbocycles. The molecule has 2 heterocycles. The molecule has 0 bridgehead atoms. The number of carbonyl (C=O) groups excluding carboxylic acids is 2. The van der Waals surface area contributed by atoms with Gasteiger partial charge in [0.15, 0.2) is 5.17 Å². The van der Waals surface area contributed by atoms with Crippen LogP contribution in [0, 0.1) is 0 Å². The standard InChI is InChI=1S/C24H27N5O2S/c1-16-20(22(30)26-18-10-5-4-6-11-18)21(29-13-8-14-32-24(29)25-16)17-9-7-12-19(15-17)27-23(31)28(2)3/h4-7,9-12,15,21H,8,13-14H2,1-3H3,(H,26,30)(H,27,31). The summed E-state index contributed by atoms with van der Waals surface area (Å²) in [5.41, 5.74) is 3.71. The molecule has 0 radical (unpaired) electrons. The lowest BCUT2D eigenvalue weighted by atomic mass is 9.93. The molecule has 0 spiro atoms. The molecule has 1 atom stereocenters. The highest BCUT2D eigenvalue weighted by Gasteiger charge is 2.37. The third-order valence-corrected chi connectivity index (χ3v) is 6.47. The number of hydrogen-bond acceptors (Lipinski definition) is 5. The van der Waals surface area contributed by atoms with Crippen LogP contribution < -0.4 is 10.6 Å². The predicted molar refractivity (Wildman–Crippen MR) is 131 cm³/mol. The highest BCUT2D eigenvalue weighted by Crippen LogP contribution is 2.40. The van der Waals surface area contributed by atoms with Gasteiger partial charge in [-0.05, 0) is 43.2 Å². The minimum absolute atomic E-state index is 0.167. The highest BCUT2D eigenvalue weighted by molar-refractivity contribution is 8.13. The summed E-state index contributed by atoms with van der Waals surface area (Å²) in [6.07, 6.45) is 1.02. The van der Waals surface area contributed by atoms with Crippen LogP contribution in [-0.4, -0.2) is 53.3 Å². The zero-order valence-electron chi connectivity index (χ0n) is 18.5. The number of urea groups is 1. The van der Waals surface area contributed by atoms with Gasteiger partial charge in [-0.25, -0.2) is 9.79 Å². The number of carbonyl (C=O) groups is 2. The molecule has 4 rings (SSSR count). The number of nitrogens with zero attached hydrogens (tertiary/aromatic N) is 3. The van der Waals surface area contributed by atoms with Crippen molar-refractivity contribution in [2.75, 3.05) is 37.0 Å². The molecule has 0 saturated carbocycles. The van der Waals surface area contributed by atoms with Crippen LogP contribution in [0.1, 0.15) is 24.9 Å². The van der Waals surface area contributed by atoms with Gasteiger partial charge in [0.05, 0.1) is 17.3 Å². The number of aliphatic imine (C=N–C) groups is 1. The maximum atomic E-state index is 13.4. The van der Waals surface area contributed by atoms with Crippen LogP contribution in [0.5, 0.6) is 0 Å². The van der Waals surface area contributed by atoms with Gasteiger partial charge in [-0.15, -0.1) is 0 Å². The monoisotopic (exact) mass is 449 g/mol. The molecule has 2 aliphatic rings. The average molecular weight is 450 g/mol. The number of para-hydroxylation sites is 1. The summed E-state index contributed by atoms with van der Waals surface area (Å²) in [7, 11) is 3.40. The summed E-state index contributed by atoms with van der Waals surface area (Å²) in [5.74, 6) is 0.847. The van der Waals surface area contributed by atoms with E-state index in [1.54, 1.807) is 25.9 Å². The maximum absolute atomic E-state index is 13.4. The molecule has 2 N–H and O–H groups in total. The van der Waals surface area contributed by atoms with Crippen molar-refractivity contribution < 1.29 is 9.59 Å². The summed E-state index contributed by atoms with van der Waals surface area (Å²) in [6.45, 7) is 2.71. The Morgan fingerprint density at radius 3 is 2.56 bits per heavy atom. The zero-order valence-corrected chi connectivity index (χ0v) is 19.3. The molecule has 2 aromatic carbocycles. The second-order valence-electron chi connectivity index (χ2n) is 7.96. The van der Waals surface area contributed by atoms with Gasteiger partial charge in [-0.2, -0.15) is 0 Å². The van der Waals surface area contributed by atoms with Gasteiger partial charge < -0.3 is 20.4 Å². The Bertz CT molecular complexity index is 1080. The van der Waals surface area contributed by atoms with Crippen LogP contribution in [0.4, 0.5) is 16.2 Å². The van der Waals surface area contributed by atoms with Crippen LogP contribution >= 0.6 is 11.8 Å². The minimum atomic E-state index is -0.282. The zero-order chi connectivity index (χ0) is 22.7. The number of thioether (sulfide) groups is 1. The lowest BCUT2D eigenvalue weighted by molar-refractivity contribution is -0.113. The molecule has 8 heteroatoms. The SMILES string of the molecule is CC1=C(C(=O)Nc2ccccc2)C(c2cccc(NC(=O)N(C)C)c2)N2CCCSC2=N1. The molecule has 2 aromatic rings. The van der Waals surface area contributed by atoms with Crippen LogP contribution in [0.25, 0.3) is 0 Å². The van der Waals surface area contributed by atoms with Gasteiger partial charge in [-0.3, -0.25) is 4.79 Å². The van der Waals surface area contributed by atoms with E-state index >= 15 is 0 Å². The maximum Gasteiger partial charge on any atom is 0.321 e. The Morgan fingerprint density at radius 2 is 1.81 bits per heavy atom. The summed E-state index contributed by atoms with van der Waals surface area (Å²) in [5, 5.41) is 6.87. The number of hydrogen-bond donors (Lipinski definition) is 2. The molecular weight excluding hydrogens is 422 g/mol. The van der Waals surface area contributed by atoms with Crippen molar-refractivity contribution in [3.05, 3.63) is 71.4 Å². The van der Waals surface area contributed by atoms with Crippen molar-refractivity contribution in [1.82, 2.24) is 9.80 Å². The Balaban J connectivity index is 1.72. The molecule has 2 aliphatic heterocycles. The molecule has 0 aromatic heterocycles. The van der Waals surface area contributed by atoms with E-state index in [4.69, 9.17) is 4.99 Å². The van der Waals surface area contributed by atoms with Crippen molar-refractivity contribution in [1.29, 1.82) is 0 Å². The van der Waals surface area contributed by atoms with E-state index in [9.17, 15) is 9.59 Å². The van der Waals surface area contributed by atoms with Crippen molar-refractivity contribution in [3.8, 4) is 0 Å². The van der Waals surface area contributed by atoms with Crippen LogP contribution in [0.3, 0.4) is 0 Å². The summed E-state index contributed by atoms with van der Waals surface area (Å²) in [6, 6.07) is 16.7. The lowest BCUT2D eigenvalue weighted by Crippen LogP contribution is -2.43. The smallest absolute Gasteiger partial charge is 0.321 e. The summed E-state index contributed by atoms with van der Waals surface area (Å²) >= 11 is 1.72. The third kappa shape index (κ3) is 4.65. The first-order valence-corrected chi connectivity index (χ1v) is 11.6. The molecule has 7 nitrogen and oxygen atoms in total. The third-order valence-electron chi connectivity index (χ3n) is 5.39. The van der Waals surface area contributed by atoms with E-state index in [1.165, 1.54) is 4.90 Å². The quantitative estimate of drug-likeness (QED) is 0.718. The topological polar surface area (TPSA) is 77.0 Å². The molecule has 166 valence electrons. The Morgan fingerprint density at radius 1 is 1.06 bits per heavy atom. The first-order valence-electron chi connectivity index (χ1n) is 10.6. The average Bonchev–Trinajstić information content (AvgIpc) is 2.78. The minimum Gasteiger partial charge on any atom is -0.340 e. The van der Waals surface area contributed by atoms with E-state index in [-0.39, 0.29) is 18.0 Å². The van der Waals surface area contributed by atoms with Gasteiger partial charge in [0.2, 0.25) is 0 Å². The van der Waals surface area contributed by atoms with Crippen LogP contribution in [-0.2, 0) is 4.79 Å². The normalized spacial score (nSPS) is 17.9. The van der Waals surface area contributed by atoms with Crippen LogP contribution in [0.15, 0.2) is 70.9 Å². The van der Waals surface area contributed by atoms with E-state index < -0.39 is 0 Å². The fourth-order valence-corrected chi connectivity index (χ4v) is 4.87. The first-order chi connectivity index (χ1) is 15.4. The van der Waals surface area contributed by atoms with Gasteiger partial charge in [0.25, 0.3) is 5.91 Å². The van der Waals surface area contributed by atoms with E-state index in [1.807, 2.05) is 61.5 Å². The summed E-state index contributed by atoms with van der Waals surface area (Å²) < 4.78 is 0. The Labute approximate surface area is 192 Å². The number of nitrogens with one attached hydrogen (secondary N) is 2. The van der Waals surface area contributed by atoms with Gasteiger partial charge in [-0.1, -0.05) is 42.1 Å². The fraction of sp³-hybridized carbons (Fsp3) is 0.292. The number of amidine groups is 1. The Hall–Kier alpha value is -3.26. The molecule has 1 unspecified atom stereocenters. The number of amides is 3. The van der Waals surface area contributed by atoms with E-state index in [0.29, 0.717) is 17.0 Å². The van der Waals surface area contributed by atoms with E-state index in [0.717, 1.165) is 35.1 Å². The molecular formula is C24H27N5O2S. The lowest BCUT2D eigenvalue weighted by Gasteiger charge is -2.41. The fourth-order valence-electron chi connectivity index (χ4n) is 3.85.